The fourth-order valence-electron chi connectivity index (χ4n) is 3.72. The van der Waals surface area contributed by atoms with E-state index in [1.165, 1.54) is 19.3 Å². The van der Waals surface area contributed by atoms with Crippen molar-refractivity contribution >= 4 is 18.3 Å². The Morgan fingerprint density at radius 3 is 2.58 bits per heavy atom. The lowest BCUT2D eigenvalue weighted by Gasteiger charge is -2.24. The number of halogens is 1. The van der Waals surface area contributed by atoms with Gasteiger partial charge in [0.05, 0.1) is 6.54 Å². The van der Waals surface area contributed by atoms with Gasteiger partial charge in [-0.1, -0.05) is 6.92 Å². The molecule has 1 heterocycles. The smallest absolute Gasteiger partial charge is 0.236 e. The van der Waals surface area contributed by atoms with Crippen LogP contribution in [0.15, 0.2) is 0 Å². The monoisotopic (exact) mass is 287 g/mol. The molecule has 2 saturated carbocycles. The third-order valence-electron chi connectivity index (χ3n) is 5.07. The molecule has 0 radical (unpaired) electrons. The van der Waals surface area contributed by atoms with Crippen molar-refractivity contribution < 1.29 is 4.79 Å². The van der Waals surface area contributed by atoms with Crippen molar-refractivity contribution in [3.05, 3.63) is 0 Å². The number of hydrogen-bond acceptors (Lipinski definition) is 3. The molecule has 4 nitrogen and oxygen atoms in total. The Labute approximate surface area is 122 Å². The van der Waals surface area contributed by atoms with E-state index >= 15 is 0 Å². The lowest BCUT2D eigenvalue weighted by atomic mass is 9.98. The average Bonchev–Trinajstić information content (AvgIpc) is 3.02. The van der Waals surface area contributed by atoms with Gasteiger partial charge in [0, 0.05) is 25.2 Å². The van der Waals surface area contributed by atoms with E-state index in [0.29, 0.717) is 36.4 Å². The first-order valence-corrected chi connectivity index (χ1v) is 7.46. The second kappa shape index (κ2) is 5.98. The fraction of sp³-hybridized carbons (Fsp3) is 0.929. The Morgan fingerprint density at radius 2 is 2.00 bits per heavy atom. The molecule has 3 rings (SSSR count). The first-order valence-electron chi connectivity index (χ1n) is 7.46. The van der Waals surface area contributed by atoms with Crippen LogP contribution in [0.5, 0.6) is 0 Å². The SMILES string of the molecule is CCN(CC(=O)N1CC2CCC(N)C2C1)C1CC1.Cl. The summed E-state index contributed by atoms with van der Waals surface area (Å²) in [5.41, 5.74) is 6.12. The van der Waals surface area contributed by atoms with E-state index in [1.54, 1.807) is 0 Å². The van der Waals surface area contributed by atoms with Crippen LogP contribution in [0.25, 0.3) is 0 Å². The highest BCUT2D eigenvalue weighted by Crippen LogP contribution is 2.37. The van der Waals surface area contributed by atoms with Gasteiger partial charge in [0.25, 0.3) is 0 Å². The molecular formula is C14H26ClN3O. The molecule has 0 aromatic rings. The van der Waals surface area contributed by atoms with Gasteiger partial charge in [0.2, 0.25) is 5.91 Å². The van der Waals surface area contributed by atoms with Crippen molar-refractivity contribution in [1.82, 2.24) is 9.80 Å². The molecule has 1 saturated heterocycles. The lowest BCUT2D eigenvalue weighted by molar-refractivity contribution is -0.131. The second-order valence-electron chi connectivity index (χ2n) is 6.26. The lowest BCUT2D eigenvalue weighted by Crippen LogP contribution is -2.41. The van der Waals surface area contributed by atoms with E-state index in [0.717, 1.165) is 26.1 Å². The summed E-state index contributed by atoms with van der Waals surface area (Å²) in [4.78, 5) is 16.7. The van der Waals surface area contributed by atoms with Crippen LogP contribution in [-0.4, -0.2) is 54.0 Å². The summed E-state index contributed by atoms with van der Waals surface area (Å²) in [5, 5.41) is 0. The van der Waals surface area contributed by atoms with Gasteiger partial charge in [-0.3, -0.25) is 9.69 Å². The summed E-state index contributed by atoms with van der Waals surface area (Å²) in [5.74, 6) is 1.58. The molecule has 1 aliphatic heterocycles. The van der Waals surface area contributed by atoms with Crippen LogP contribution in [-0.2, 0) is 4.79 Å². The van der Waals surface area contributed by atoms with Gasteiger partial charge in [-0.25, -0.2) is 0 Å². The summed E-state index contributed by atoms with van der Waals surface area (Å²) < 4.78 is 0. The molecule has 1 amide bonds. The number of fused-ring (bicyclic) bond motifs is 1. The van der Waals surface area contributed by atoms with E-state index < -0.39 is 0 Å². The molecule has 3 aliphatic rings. The third kappa shape index (κ3) is 3.06. The normalized spacial score (nSPS) is 33.4. The zero-order valence-corrected chi connectivity index (χ0v) is 12.6. The molecule has 3 unspecified atom stereocenters. The highest BCUT2D eigenvalue weighted by Gasteiger charge is 2.42. The van der Waals surface area contributed by atoms with E-state index in [1.807, 2.05) is 0 Å². The van der Waals surface area contributed by atoms with E-state index in [2.05, 4.69) is 16.7 Å². The van der Waals surface area contributed by atoms with Gasteiger partial charge in [-0.2, -0.15) is 0 Å². The van der Waals surface area contributed by atoms with E-state index in [-0.39, 0.29) is 12.4 Å². The maximum Gasteiger partial charge on any atom is 0.236 e. The van der Waals surface area contributed by atoms with Crippen LogP contribution < -0.4 is 5.73 Å². The Morgan fingerprint density at radius 1 is 1.26 bits per heavy atom. The molecule has 0 aromatic carbocycles. The molecular weight excluding hydrogens is 262 g/mol. The Hall–Kier alpha value is -0.320. The maximum absolute atomic E-state index is 12.3. The third-order valence-corrected chi connectivity index (χ3v) is 5.07. The number of rotatable bonds is 4. The van der Waals surface area contributed by atoms with Crippen LogP contribution in [0.2, 0.25) is 0 Å². The summed E-state index contributed by atoms with van der Waals surface area (Å²) >= 11 is 0. The Balaban J connectivity index is 0.00000133. The molecule has 3 atom stereocenters. The average molecular weight is 288 g/mol. The molecule has 0 aromatic heterocycles. The van der Waals surface area contributed by atoms with Gasteiger partial charge in [0.15, 0.2) is 0 Å². The number of hydrogen-bond donors (Lipinski definition) is 1. The summed E-state index contributed by atoms with van der Waals surface area (Å²) in [6.45, 7) is 5.64. The van der Waals surface area contributed by atoms with Crippen LogP contribution in [0, 0.1) is 11.8 Å². The molecule has 5 heteroatoms. The summed E-state index contributed by atoms with van der Waals surface area (Å²) in [7, 11) is 0. The highest BCUT2D eigenvalue weighted by atomic mass is 35.5. The number of carbonyl (C=O) groups excluding carboxylic acids is 1. The van der Waals surface area contributed by atoms with Crippen LogP contribution >= 0.6 is 12.4 Å². The topological polar surface area (TPSA) is 49.6 Å². The first-order chi connectivity index (χ1) is 8.69. The van der Waals surface area contributed by atoms with Crippen molar-refractivity contribution in [2.75, 3.05) is 26.2 Å². The second-order valence-corrected chi connectivity index (χ2v) is 6.26. The van der Waals surface area contributed by atoms with Crippen molar-refractivity contribution in [2.24, 2.45) is 17.6 Å². The Bertz CT molecular complexity index is 335. The van der Waals surface area contributed by atoms with Gasteiger partial charge in [-0.15, -0.1) is 12.4 Å². The van der Waals surface area contributed by atoms with Crippen LogP contribution in [0.3, 0.4) is 0 Å². The van der Waals surface area contributed by atoms with Gasteiger partial charge in [0.1, 0.15) is 0 Å². The summed E-state index contributed by atoms with van der Waals surface area (Å²) in [6, 6.07) is 1.02. The van der Waals surface area contributed by atoms with E-state index in [4.69, 9.17) is 5.73 Å². The van der Waals surface area contributed by atoms with E-state index in [9.17, 15) is 4.79 Å². The fourth-order valence-corrected chi connectivity index (χ4v) is 3.72. The molecule has 2 N–H and O–H groups in total. The van der Waals surface area contributed by atoms with Gasteiger partial charge >= 0.3 is 0 Å². The molecule has 3 fully saturated rings. The number of likely N-dealkylation sites (N-methyl/N-ethyl adjacent to an activating group) is 1. The largest absolute Gasteiger partial charge is 0.341 e. The van der Waals surface area contributed by atoms with Crippen molar-refractivity contribution in [1.29, 1.82) is 0 Å². The number of amides is 1. The van der Waals surface area contributed by atoms with Crippen LogP contribution in [0.1, 0.15) is 32.6 Å². The number of nitrogens with two attached hydrogens (primary N) is 1. The molecule has 19 heavy (non-hydrogen) atoms. The van der Waals surface area contributed by atoms with Crippen molar-refractivity contribution in [3.8, 4) is 0 Å². The zero-order chi connectivity index (χ0) is 12.7. The first kappa shape index (κ1) is 15.1. The van der Waals surface area contributed by atoms with Crippen molar-refractivity contribution in [3.63, 3.8) is 0 Å². The summed E-state index contributed by atoms with van der Waals surface area (Å²) in [6.07, 6.45) is 4.92. The number of likely N-dealkylation sites (tertiary alicyclic amines) is 1. The minimum Gasteiger partial charge on any atom is -0.341 e. The molecule has 110 valence electrons. The van der Waals surface area contributed by atoms with Crippen LogP contribution in [0.4, 0.5) is 0 Å². The predicted molar refractivity (Wildman–Crippen MR) is 78.3 cm³/mol. The quantitative estimate of drug-likeness (QED) is 0.842. The zero-order valence-electron chi connectivity index (χ0n) is 11.8. The number of carbonyl (C=O) groups is 1. The minimum atomic E-state index is 0. The molecule has 0 spiro atoms. The minimum absolute atomic E-state index is 0. The van der Waals surface area contributed by atoms with Gasteiger partial charge < -0.3 is 10.6 Å². The maximum atomic E-state index is 12.3. The number of nitrogens with zero attached hydrogens (tertiary/aromatic N) is 2. The van der Waals surface area contributed by atoms with Gasteiger partial charge in [-0.05, 0) is 44.1 Å². The Kier molecular flexibility index (Phi) is 4.75. The predicted octanol–water partition coefficient (Wildman–Crippen LogP) is 1.09. The molecule has 2 aliphatic carbocycles. The molecule has 0 bridgehead atoms. The van der Waals surface area contributed by atoms with Crippen molar-refractivity contribution in [2.45, 2.75) is 44.7 Å². The highest BCUT2D eigenvalue weighted by molar-refractivity contribution is 5.85. The standard InChI is InChI=1S/C14H25N3O.ClH/c1-2-16(11-4-5-11)9-14(18)17-7-10-3-6-13(15)12(10)8-17;/h10-13H,2-9,15H2,1H3;1H.